The third-order valence-electron chi connectivity index (χ3n) is 7.18. The maximum atomic E-state index is 13.6. The van der Waals surface area contributed by atoms with Crippen molar-refractivity contribution in [2.75, 3.05) is 24.5 Å². The van der Waals surface area contributed by atoms with E-state index in [0.717, 1.165) is 40.2 Å². The highest BCUT2D eigenvalue weighted by molar-refractivity contribution is 5.91. The summed E-state index contributed by atoms with van der Waals surface area (Å²) in [6.07, 6.45) is 10.0. The van der Waals surface area contributed by atoms with Crippen LogP contribution in [0.5, 0.6) is 0 Å². The summed E-state index contributed by atoms with van der Waals surface area (Å²) in [5.41, 5.74) is 5.49. The third kappa shape index (κ3) is 4.92. The SMILES string of the molecule is C#Cc1ccc(C2=Cc3c(ncnc3N3CCN(C(=O)N[C@@H](C)c4cccc(F)c4)C(C)(C)C3)C2)cc1. The van der Waals surface area contributed by atoms with E-state index in [4.69, 9.17) is 6.42 Å². The number of benzene rings is 2. The number of piperazine rings is 1. The van der Waals surface area contributed by atoms with E-state index < -0.39 is 5.54 Å². The van der Waals surface area contributed by atoms with E-state index >= 15 is 0 Å². The van der Waals surface area contributed by atoms with Gasteiger partial charge in [-0.1, -0.05) is 30.2 Å². The van der Waals surface area contributed by atoms with Crippen molar-refractivity contribution < 1.29 is 9.18 Å². The molecule has 188 valence electrons. The summed E-state index contributed by atoms with van der Waals surface area (Å²) in [5.74, 6) is 3.23. The molecule has 0 saturated carbocycles. The first-order chi connectivity index (χ1) is 17.7. The second kappa shape index (κ2) is 9.70. The van der Waals surface area contributed by atoms with Gasteiger partial charge in [-0.15, -0.1) is 6.42 Å². The number of urea groups is 1. The largest absolute Gasteiger partial charge is 0.352 e. The first-order valence-corrected chi connectivity index (χ1v) is 12.5. The Balaban J connectivity index is 1.32. The summed E-state index contributed by atoms with van der Waals surface area (Å²) in [5, 5.41) is 3.03. The number of anilines is 1. The minimum absolute atomic E-state index is 0.160. The number of terminal acetylenes is 1. The number of hydrogen-bond acceptors (Lipinski definition) is 4. The summed E-state index contributed by atoms with van der Waals surface area (Å²) in [6, 6.07) is 13.9. The smallest absolute Gasteiger partial charge is 0.318 e. The predicted octanol–water partition coefficient (Wildman–Crippen LogP) is 5.07. The van der Waals surface area contributed by atoms with Crippen molar-refractivity contribution in [2.24, 2.45) is 0 Å². The average molecular weight is 496 g/mol. The normalized spacial score (nSPS) is 17.0. The van der Waals surface area contributed by atoms with Crippen LogP contribution in [0.1, 0.15) is 54.8 Å². The number of nitrogens with one attached hydrogen (secondary N) is 1. The average Bonchev–Trinajstić information content (AvgIpc) is 3.32. The number of nitrogens with zero attached hydrogens (tertiary/aromatic N) is 4. The molecule has 2 heterocycles. The minimum Gasteiger partial charge on any atom is -0.352 e. The highest BCUT2D eigenvalue weighted by atomic mass is 19.1. The number of rotatable bonds is 4. The Labute approximate surface area is 217 Å². The zero-order valence-corrected chi connectivity index (χ0v) is 21.3. The molecule has 1 aliphatic carbocycles. The van der Waals surface area contributed by atoms with E-state index in [0.29, 0.717) is 19.6 Å². The second-order valence-corrected chi connectivity index (χ2v) is 10.2. The number of halogens is 1. The number of fused-ring (bicyclic) bond motifs is 1. The maximum Gasteiger partial charge on any atom is 0.318 e. The van der Waals surface area contributed by atoms with Gasteiger partial charge in [0.05, 0.1) is 17.3 Å². The van der Waals surface area contributed by atoms with Crippen molar-refractivity contribution in [1.82, 2.24) is 20.2 Å². The van der Waals surface area contributed by atoms with E-state index in [1.807, 2.05) is 42.2 Å². The Hall–Kier alpha value is -4.18. The van der Waals surface area contributed by atoms with Crippen LogP contribution >= 0.6 is 0 Å². The molecule has 3 aromatic rings. The zero-order chi connectivity index (χ0) is 26.2. The summed E-state index contributed by atoms with van der Waals surface area (Å²) in [7, 11) is 0. The summed E-state index contributed by atoms with van der Waals surface area (Å²) >= 11 is 0. The fourth-order valence-corrected chi connectivity index (χ4v) is 5.17. The van der Waals surface area contributed by atoms with Gasteiger partial charge in [-0.3, -0.25) is 0 Å². The molecule has 1 aliphatic heterocycles. The van der Waals surface area contributed by atoms with Crippen LogP contribution in [0.25, 0.3) is 11.6 Å². The van der Waals surface area contributed by atoms with Gasteiger partial charge in [0.2, 0.25) is 0 Å². The number of amides is 2. The standard InChI is InChI=1S/C30H30FN5O/c1-5-21-9-11-22(12-10-21)24-16-26-27(17-24)32-19-33-28(26)35-13-14-36(30(3,4)18-35)29(37)34-20(2)23-7-6-8-25(31)15-23/h1,6-12,15-16,19-20H,13-14,17-18H2,2-4H3,(H,34,37)/t20-/m0/s1. The molecule has 1 atom stereocenters. The number of carbonyl (C=O) groups is 1. The van der Waals surface area contributed by atoms with Crippen LogP contribution in [0.15, 0.2) is 54.9 Å². The Morgan fingerprint density at radius 2 is 1.95 bits per heavy atom. The maximum absolute atomic E-state index is 13.6. The Morgan fingerprint density at radius 3 is 2.65 bits per heavy atom. The molecule has 2 amide bonds. The van der Waals surface area contributed by atoms with Crippen LogP contribution in [-0.2, 0) is 6.42 Å². The van der Waals surface area contributed by atoms with Crippen LogP contribution in [-0.4, -0.2) is 46.1 Å². The first kappa shape index (κ1) is 24.5. The topological polar surface area (TPSA) is 61.4 Å². The lowest BCUT2D eigenvalue weighted by atomic mass is 9.98. The van der Waals surface area contributed by atoms with Gasteiger partial charge in [-0.25, -0.2) is 19.2 Å². The number of allylic oxidation sites excluding steroid dienone is 1. The monoisotopic (exact) mass is 495 g/mol. The van der Waals surface area contributed by atoms with Gasteiger partial charge in [0, 0.05) is 37.2 Å². The van der Waals surface area contributed by atoms with E-state index in [1.165, 1.54) is 17.7 Å². The molecule has 0 bridgehead atoms. The number of carbonyl (C=O) groups excluding carboxylic acids is 1. The Kier molecular flexibility index (Phi) is 6.43. The van der Waals surface area contributed by atoms with Crippen LogP contribution in [0.2, 0.25) is 0 Å². The fourth-order valence-electron chi connectivity index (χ4n) is 5.17. The molecule has 0 unspecified atom stereocenters. The first-order valence-electron chi connectivity index (χ1n) is 12.5. The molecule has 0 spiro atoms. The van der Waals surface area contributed by atoms with Gasteiger partial charge in [0.15, 0.2) is 0 Å². The molecular formula is C30H30FN5O. The van der Waals surface area contributed by atoms with Gasteiger partial charge in [-0.05, 0) is 67.8 Å². The Bertz CT molecular complexity index is 1410. The molecule has 6 nitrogen and oxygen atoms in total. The van der Waals surface area contributed by atoms with Crippen molar-refractivity contribution >= 4 is 23.5 Å². The van der Waals surface area contributed by atoms with E-state index in [-0.39, 0.29) is 17.9 Å². The number of aromatic nitrogens is 2. The van der Waals surface area contributed by atoms with Crippen LogP contribution < -0.4 is 10.2 Å². The van der Waals surface area contributed by atoms with E-state index in [2.05, 4.69) is 46.0 Å². The highest BCUT2D eigenvalue weighted by Gasteiger charge is 2.38. The van der Waals surface area contributed by atoms with Gasteiger partial charge < -0.3 is 15.1 Å². The lowest BCUT2D eigenvalue weighted by molar-refractivity contribution is 0.121. The molecule has 2 aliphatic rings. The number of hydrogen-bond donors (Lipinski definition) is 1. The molecule has 7 heteroatoms. The summed E-state index contributed by atoms with van der Waals surface area (Å²) in [6.45, 7) is 7.79. The van der Waals surface area contributed by atoms with Gasteiger partial charge >= 0.3 is 6.03 Å². The van der Waals surface area contributed by atoms with Crippen molar-refractivity contribution in [2.45, 2.75) is 38.8 Å². The zero-order valence-electron chi connectivity index (χ0n) is 21.3. The van der Waals surface area contributed by atoms with Crippen molar-refractivity contribution in [1.29, 1.82) is 0 Å². The predicted molar refractivity (Wildman–Crippen MR) is 144 cm³/mol. The summed E-state index contributed by atoms with van der Waals surface area (Å²) < 4.78 is 13.6. The van der Waals surface area contributed by atoms with Crippen molar-refractivity contribution in [3.8, 4) is 12.3 Å². The van der Waals surface area contributed by atoms with Gasteiger partial charge in [0.25, 0.3) is 0 Å². The van der Waals surface area contributed by atoms with Crippen LogP contribution in [0, 0.1) is 18.2 Å². The molecule has 2 aromatic carbocycles. The molecule has 37 heavy (non-hydrogen) atoms. The second-order valence-electron chi connectivity index (χ2n) is 10.2. The van der Waals surface area contributed by atoms with Crippen molar-refractivity contribution in [3.05, 3.63) is 88.6 Å². The highest BCUT2D eigenvalue weighted by Crippen LogP contribution is 2.36. The fraction of sp³-hybridized carbons (Fsp3) is 0.300. The molecule has 1 aromatic heterocycles. The van der Waals surface area contributed by atoms with E-state index in [9.17, 15) is 9.18 Å². The molecule has 1 saturated heterocycles. The van der Waals surface area contributed by atoms with Crippen LogP contribution in [0.3, 0.4) is 0 Å². The molecule has 0 radical (unpaired) electrons. The third-order valence-corrected chi connectivity index (χ3v) is 7.18. The lowest BCUT2D eigenvalue weighted by Gasteiger charge is -2.47. The van der Waals surface area contributed by atoms with Crippen LogP contribution in [0.4, 0.5) is 15.0 Å². The quantitative estimate of drug-likeness (QED) is 0.514. The molecule has 1 fully saturated rings. The molecular weight excluding hydrogens is 465 g/mol. The van der Waals surface area contributed by atoms with Crippen molar-refractivity contribution in [3.63, 3.8) is 0 Å². The molecule has 5 rings (SSSR count). The molecule has 1 N–H and O–H groups in total. The lowest BCUT2D eigenvalue weighted by Crippen LogP contribution is -2.63. The summed E-state index contributed by atoms with van der Waals surface area (Å²) in [4.78, 5) is 26.5. The van der Waals surface area contributed by atoms with Gasteiger partial charge in [0.1, 0.15) is 18.0 Å². The van der Waals surface area contributed by atoms with E-state index in [1.54, 1.807) is 12.4 Å². The minimum atomic E-state index is -0.446. The Morgan fingerprint density at radius 1 is 1.16 bits per heavy atom. The van der Waals surface area contributed by atoms with Gasteiger partial charge in [-0.2, -0.15) is 0 Å².